The fourth-order valence-electron chi connectivity index (χ4n) is 1.77. The second kappa shape index (κ2) is 8.97. The van der Waals surface area contributed by atoms with Gasteiger partial charge < -0.3 is 11.1 Å². The largest absolute Gasteiger partial charge is 0.370 e. The number of aryl methyl sites for hydroxylation is 1. The third-order valence-corrected chi connectivity index (χ3v) is 3.75. The van der Waals surface area contributed by atoms with E-state index in [0.29, 0.717) is 12.5 Å². The van der Waals surface area contributed by atoms with Crippen LogP contribution in [0.25, 0.3) is 0 Å². The summed E-state index contributed by atoms with van der Waals surface area (Å²) in [5, 5.41) is 3.14. The first-order valence-electron chi connectivity index (χ1n) is 6.37. The Morgan fingerprint density at radius 2 is 1.95 bits per heavy atom. The lowest BCUT2D eigenvalue weighted by atomic mass is 10.1. The Bertz CT molecular complexity index is 537. The number of benzene rings is 1. The summed E-state index contributed by atoms with van der Waals surface area (Å²) in [6.07, 6.45) is 0.954. The summed E-state index contributed by atoms with van der Waals surface area (Å²) in [4.78, 5) is 6.88. The van der Waals surface area contributed by atoms with Gasteiger partial charge in [-0.3, -0.25) is 0 Å². The molecule has 108 valence electrons. The minimum atomic E-state index is 0. The summed E-state index contributed by atoms with van der Waals surface area (Å²) in [7, 11) is 0. The maximum absolute atomic E-state index is 5.84. The monoisotopic (exact) mass is 401 g/mol. The first kappa shape index (κ1) is 17.0. The van der Waals surface area contributed by atoms with Crippen molar-refractivity contribution in [2.45, 2.75) is 19.9 Å². The van der Waals surface area contributed by atoms with Gasteiger partial charge in [-0.05, 0) is 31.0 Å². The number of hydrogen-bond donors (Lipinski definition) is 2. The summed E-state index contributed by atoms with van der Waals surface area (Å²) in [6.45, 7) is 3.56. The SMILES string of the molecule is Cc1ccc(CN=C(N)NCCc2ccccc2)s1.I. The van der Waals surface area contributed by atoms with Crippen molar-refractivity contribution in [1.29, 1.82) is 0 Å². The van der Waals surface area contributed by atoms with E-state index in [1.54, 1.807) is 11.3 Å². The number of rotatable bonds is 5. The van der Waals surface area contributed by atoms with Crippen LogP contribution in [0.15, 0.2) is 47.5 Å². The molecule has 0 atom stereocenters. The lowest BCUT2D eigenvalue weighted by Gasteiger charge is -2.05. The number of thiophene rings is 1. The molecule has 0 unspecified atom stereocenters. The normalized spacial score (nSPS) is 10.9. The van der Waals surface area contributed by atoms with Gasteiger partial charge in [0.2, 0.25) is 0 Å². The van der Waals surface area contributed by atoms with Crippen molar-refractivity contribution in [2.75, 3.05) is 6.54 Å². The van der Waals surface area contributed by atoms with Gasteiger partial charge in [-0.1, -0.05) is 30.3 Å². The maximum Gasteiger partial charge on any atom is 0.188 e. The molecule has 0 spiro atoms. The van der Waals surface area contributed by atoms with Crippen LogP contribution in [0.2, 0.25) is 0 Å². The molecule has 0 amide bonds. The number of hydrogen-bond acceptors (Lipinski definition) is 2. The highest BCUT2D eigenvalue weighted by molar-refractivity contribution is 14.0. The van der Waals surface area contributed by atoms with Crippen LogP contribution in [0.1, 0.15) is 15.3 Å². The molecule has 0 bridgehead atoms. The molecule has 0 fully saturated rings. The van der Waals surface area contributed by atoms with Gasteiger partial charge in [0.25, 0.3) is 0 Å². The van der Waals surface area contributed by atoms with Crippen LogP contribution in [-0.2, 0) is 13.0 Å². The van der Waals surface area contributed by atoms with Crippen molar-refractivity contribution < 1.29 is 0 Å². The molecule has 1 aromatic carbocycles. The van der Waals surface area contributed by atoms with Crippen molar-refractivity contribution in [1.82, 2.24) is 5.32 Å². The number of halogens is 1. The maximum atomic E-state index is 5.84. The number of nitrogens with one attached hydrogen (secondary N) is 1. The molecular formula is C15H20IN3S. The predicted octanol–water partition coefficient (Wildman–Crippen LogP) is 3.32. The molecule has 1 heterocycles. The van der Waals surface area contributed by atoms with Crippen molar-refractivity contribution in [2.24, 2.45) is 10.7 Å². The average molecular weight is 401 g/mol. The molecule has 20 heavy (non-hydrogen) atoms. The zero-order chi connectivity index (χ0) is 13.5. The molecule has 3 N–H and O–H groups in total. The standard InChI is InChI=1S/C15H19N3S.HI/c1-12-7-8-14(19-12)11-18-15(16)17-10-9-13-5-3-2-4-6-13;/h2-8H,9-11H2,1H3,(H3,16,17,18);1H. The molecule has 2 aromatic rings. The minimum Gasteiger partial charge on any atom is -0.370 e. The quantitative estimate of drug-likeness (QED) is 0.459. The third kappa shape index (κ3) is 5.92. The van der Waals surface area contributed by atoms with Crippen LogP contribution < -0.4 is 11.1 Å². The highest BCUT2D eigenvalue weighted by Gasteiger charge is 1.97. The molecular weight excluding hydrogens is 381 g/mol. The van der Waals surface area contributed by atoms with E-state index < -0.39 is 0 Å². The van der Waals surface area contributed by atoms with E-state index in [0.717, 1.165) is 13.0 Å². The van der Waals surface area contributed by atoms with E-state index in [-0.39, 0.29) is 24.0 Å². The van der Waals surface area contributed by atoms with Crippen molar-refractivity contribution in [3.05, 3.63) is 57.8 Å². The molecule has 0 radical (unpaired) electrons. The number of nitrogens with two attached hydrogens (primary N) is 1. The number of aliphatic imine (C=N–C) groups is 1. The van der Waals surface area contributed by atoms with Crippen LogP contribution in [-0.4, -0.2) is 12.5 Å². The first-order chi connectivity index (χ1) is 9.24. The fraction of sp³-hybridized carbons (Fsp3) is 0.267. The van der Waals surface area contributed by atoms with Crippen molar-refractivity contribution >= 4 is 41.3 Å². The smallest absolute Gasteiger partial charge is 0.188 e. The van der Waals surface area contributed by atoms with Gasteiger partial charge in [-0.25, -0.2) is 4.99 Å². The lowest BCUT2D eigenvalue weighted by molar-refractivity contribution is 0.849. The fourth-order valence-corrected chi connectivity index (χ4v) is 2.58. The summed E-state index contributed by atoms with van der Waals surface area (Å²) in [6, 6.07) is 14.6. The van der Waals surface area contributed by atoms with Crippen molar-refractivity contribution in [3.63, 3.8) is 0 Å². The van der Waals surface area contributed by atoms with E-state index in [1.807, 2.05) is 18.2 Å². The summed E-state index contributed by atoms with van der Waals surface area (Å²) < 4.78 is 0. The highest BCUT2D eigenvalue weighted by Crippen LogP contribution is 2.15. The van der Waals surface area contributed by atoms with Crippen LogP contribution in [0.3, 0.4) is 0 Å². The highest BCUT2D eigenvalue weighted by atomic mass is 127. The van der Waals surface area contributed by atoms with Crippen LogP contribution in [0.5, 0.6) is 0 Å². The van der Waals surface area contributed by atoms with E-state index in [9.17, 15) is 0 Å². The van der Waals surface area contributed by atoms with Crippen molar-refractivity contribution in [3.8, 4) is 0 Å². The zero-order valence-electron chi connectivity index (χ0n) is 11.5. The second-order valence-corrected chi connectivity index (χ2v) is 5.75. The summed E-state index contributed by atoms with van der Waals surface area (Å²) in [5.41, 5.74) is 7.14. The minimum absolute atomic E-state index is 0. The molecule has 1 aromatic heterocycles. The van der Waals surface area contributed by atoms with Gasteiger partial charge in [0, 0.05) is 16.3 Å². The Labute approximate surface area is 141 Å². The van der Waals surface area contributed by atoms with Crippen LogP contribution >= 0.6 is 35.3 Å². The number of nitrogens with zero attached hydrogens (tertiary/aromatic N) is 1. The van der Waals surface area contributed by atoms with E-state index >= 15 is 0 Å². The second-order valence-electron chi connectivity index (χ2n) is 4.38. The number of guanidine groups is 1. The molecule has 3 nitrogen and oxygen atoms in total. The van der Waals surface area contributed by atoms with Crippen LogP contribution in [0.4, 0.5) is 0 Å². The van der Waals surface area contributed by atoms with Gasteiger partial charge in [0.05, 0.1) is 6.54 Å². The van der Waals surface area contributed by atoms with E-state index in [1.165, 1.54) is 15.3 Å². The van der Waals surface area contributed by atoms with Crippen LogP contribution in [0, 0.1) is 6.92 Å². The molecule has 0 aliphatic rings. The van der Waals surface area contributed by atoms with Gasteiger partial charge in [0.15, 0.2) is 5.96 Å². The molecule has 0 saturated heterocycles. The Hall–Kier alpha value is -1.08. The zero-order valence-corrected chi connectivity index (χ0v) is 14.7. The van der Waals surface area contributed by atoms with Gasteiger partial charge in [0.1, 0.15) is 0 Å². The Morgan fingerprint density at radius 1 is 1.20 bits per heavy atom. The third-order valence-electron chi connectivity index (χ3n) is 2.76. The Kier molecular flexibility index (Phi) is 7.61. The average Bonchev–Trinajstić information content (AvgIpc) is 2.83. The molecule has 5 heteroatoms. The predicted molar refractivity (Wildman–Crippen MR) is 97.9 cm³/mol. The molecule has 0 saturated carbocycles. The molecule has 0 aliphatic carbocycles. The van der Waals surface area contributed by atoms with Gasteiger partial charge >= 0.3 is 0 Å². The summed E-state index contributed by atoms with van der Waals surface area (Å²) >= 11 is 1.76. The Balaban J connectivity index is 0.00000200. The van der Waals surface area contributed by atoms with E-state index in [4.69, 9.17) is 5.73 Å². The lowest BCUT2D eigenvalue weighted by Crippen LogP contribution is -2.33. The van der Waals surface area contributed by atoms with Gasteiger partial charge in [-0.15, -0.1) is 35.3 Å². The molecule has 2 rings (SSSR count). The Morgan fingerprint density at radius 3 is 2.60 bits per heavy atom. The summed E-state index contributed by atoms with van der Waals surface area (Å²) in [5.74, 6) is 0.516. The van der Waals surface area contributed by atoms with Gasteiger partial charge in [-0.2, -0.15) is 0 Å². The molecule has 0 aliphatic heterocycles. The van der Waals surface area contributed by atoms with E-state index in [2.05, 4.69) is 41.5 Å². The topological polar surface area (TPSA) is 50.4 Å². The first-order valence-corrected chi connectivity index (χ1v) is 7.19.